The summed E-state index contributed by atoms with van der Waals surface area (Å²) < 4.78 is 6.08. The molecule has 0 aliphatic carbocycles. The van der Waals surface area contributed by atoms with Gasteiger partial charge in [0.05, 0.1) is 5.92 Å². The fourth-order valence-corrected chi connectivity index (χ4v) is 4.04. The number of ether oxygens (including phenoxy) is 1. The van der Waals surface area contributed by atoms with Gasteiger partial charge in [-0.3, -0.25) is 4.79 Å². The van der Waals surface area contributed by atoms with E-state index in [0.717, 1.165) is 30.4 Å². The first-order chi connectivity index (χ1) is 14.1. The number of nitrogens with zero attached hydrogens (tertiary/aromatic N) is 1. The van der Waals surface area contributed by atoms with Crippen molar-refractivity contribution >= 4 is 12.0 Å². The molecular weight excluding hydrogens is 364 g/mol. The lowest BCUT2D eigenvalue weighted by molar-refractivity contribution is -0.154. The van der Waals surface area contributed by atoms with Gasteiger partial charge in [-0.05, 0) is 17.5 Å². The van der Waals surface area contributed by atoms with Gasteiger partial charge >= 0.3 is 12.0 Å². The molecule has 2 N–H and O–H groups in total. The van der Waals surface area contributed by atoms with Crippen LogP contribution in [0.25, 0.3) is 0 Å². The number of rotatable bonds is 7. The van der Waals surface area contributed by atoms with Crippen molar-refractivity contribution in [3.63, 3.8) is 0 Å². The zero-order valence-corrected chi connectivity index (χ0v) is 17.0. The van der Waals surface area contributed by atoms with Crippen LogP contribution in [-0.2, 0) is 9.53 Å². The Bertz CT molecular complexity index is 794. The van der Waals surface area contributed by atoms with Crippen LogP contribution in [0.3, 0.4) is 0 Å². The third-order valence-corrected chi connectivity index (χ3v) is 5.69. The number of hydrogen-bond donors (Lipinski definition) is 1. The lowest BCUT2D eigenvalue weighted by atomic mass is 9.87. The van der Waals surface area contributed by atoms with E-state index in [1.165, 1.54) is 0 Å². The first kappa shape index (κ1) is 20.9. The van der Waals surface area contributed by atoms with Crippen molar-refractivity contribution in [3.8, 4) is 0 Å². The Morgan fingerprint density at radius 3 is 2.38 bits per heavy atom. The largest absolute Gasteiger partial charge is 0.461 e. The molecule has 1 fully saturated rings. The molecule has 2 aromatic rings. The van der Waals surface area contributed by atoms with E-state index in [4.69, 9.17) is 10.5 Å². The fraction of sp³-hybridized carbons (Fsp3) is 0.417. The molecule has 1 aliphatic rings. The molecule has 2 aromatic carbocycles. The quantitative estimate of drug-likeness (QED) is 0.706. The number of urea groups is 1. The van der Waals surface area contributed by atoms with E-state index < -0.39 is 6.03 Å². The van der Waals surface area contributed by atoms with Crippen LogP contribution in [0.1, 0.15) is 55.6 Å². The maximum absolute atomic E-state index is 13.2. The molecule has 154 valence electrons. The number of likely N-dealkylation sites (tertiary alicyclic amines) is 1. The van der Waals surface area contributed by atoms with E-state index in [2.05, 4.69) is 6.92 Å². The number of primary amides is 1. The van der Waals surface area contributed by atoms with Crippen molar-refractivity contribution in [2.45, 2.75) is 50.5 Å². The summed E-state index contributed by atoms with van der Waals surface area (Å²) in [5.41, 5.74) is 7.57. The average Bonchev–Trinajstić information content (AvgIpc) is 2.75. The van der Waals surface area contributed by atoms with Gasteiger partial charge in [0, 0.05) is 25.4 Å². The molecule has 5 nitrogen and oxygen atoms in total. The number of carbonyl (C=O) groups is 2. The summed E-state index contributed by atoms with van der Waals surface area (Å²) in [5.74, 6) is -0.520. The summed E-state index contributed by atoms with van der Waals surface area (Å²) in [6.07, 6.45) is 3.09. The second-order valence-corrected chi connectivity index (χ2v) is 7.67. The van der Waals surface area contributed by atoms with Gasteiger partial charge < -0.3 is 15.4 Å². The number of unbranched alkanes of at least 4 members (excludes halogenated alkanes) is 1. The minimum Gasteiger partial charge on any atom is -0.461 e. The van der Waals surface area contributed by atoms with Crippen LogP contribution in [0.15, 0.2) is 60.7 Å². The minimum absolute atomic E-state index is 0.0796. The van der Waals surface area contributed by atoms with E-state index in [1.807, 2.05) is 60.7 Å². The van der Waals surface area contributed by atoms with Crippen LogP contribution in [0.5, 0.6) is 0 Å². The third kappa shape index (κ3) is 5.37. The van der Waals surface area contributed by atoms with Gasteiger partial charge in [-0.15, -0.1) is 0 Å². The highest BCUT2D eigenvalue weighted by Gasteiger charge is 2.36. The smallest absolute Gasteiger partial charge is 0.314 e. The zero-order chi connectivity index (χ0) is 20.6. The molecule has 0 bridgehead atoms. The first-order valence-electron chi connectivity index (χ1n) is 10.4. The van der Waals surface area contributed by atoms with Gasteiger partial charge in [-0.1, -0.05) is 80.4 Å². The molecule has 0 saturated carbocycles. The van der Waals surface area contributed by atoms with Crippen LogP contribution in [0.2, 0.25) is 0 Å². The fourth-order valence-electron chi connectivity index (χ4n) is 4.04. The Kier molecular flexibility index (Phi) is 7.28. The van der Waals surface area contributed by atoms with Crippen LogP contribution < -0.4 is 5.73 Å². The lowest BCUT2D eigenvalue weighted by Crippen LogP contribution is -2.48. The van der Waals surface area contributed by atoms with E-state index in [0.29, 0.717) is 19.5 Å². The number of esters is 1. The van der Waals surface area contributed by atoms with Gasteiger partial charge in [0.2, 0.25) is 0 Å². The monoisotopic (exact) mass is 394 g/mol. The number of benzene rings is 2. The highest BCUT2D eigenvalue weighted by molar-refractivity contribution is 5.78. The highest BCUT2D eigenvalue weighted by atomic mass is 16.5. The van der Waals surface area contributed by atoms with Gasteiger partial charge in [0.25, 0.3) is 0 Å². The van der Waals surface area contributed by atoms with E-state index in [9.17, 15) is 9.59 Å². The van der Waals surface area contributed by atoms with Crippen LogP contribution in [0.4, 0.5) is 4.79 Å². The molecule has 0 radical (unpaired) electrons. The van der Waals surface area contributed by atoms with Crippen molar-refractivity contribution in [3.05, 3.63) is 71.8 Å². The second-order valence-electron chi connectivity index (χ2n) is 7.67. The van der Waals surface area contributed by atoms with E-state index in [1.54, 1.807) is 4.90 Å². The average molecular weight is 395 g/mol. The topological polar surface area (TPSA) is 72.6 Å². The Hall–Kier alpha value is -2.82. The standard InChI is InChI=1S/C24H30N2O3/c1-2-3-14-20(18-10-6-4-7-11-18)23(27)29-22-15-16-26(24(25)28)17-21(22)19-12-8-5-9-13-19/h4-13,20-22H,2-3,14-17H2,1H3,(H2,25,28). The lowest BCUT2D eigenvalue weighted by Gasteiger charge is -2.38. The predicted molar refractivity (Wildman–Crippen MR) is 114 cm³/mol. The molecular formula is C24H30N2O3. The Balaban J connectivity index is 1.79. The molecule has 1 heterocycles. The van der Waals surface area contributed by atoms with Gasteiger partial charge in [0.15, 0.2) is 0 Å². The molecule has 3 unspecified atom stereocenters. The Morgan fingerprint density at radius 2 is 1.76 bits per heavy atom. The molecule has 0 aromatic heterocycles. The van der Waals surface area contributed by atoms with Crippen molar-refractivity contribution < 1.29 is 14.3 Å². The van der Waals surface area contributed by atoms with Crippen molar-refractivity contribution in [1.82, 2.24) is 4.90 Å². The second kappa shape index (κ2) is 10.1. The number of carbonyl (C=O) groups excluding carboxylic acids is 2. The Morgan fingerprint density at radius 1 is 1.10 bits per heavy atom. The number of piperidine rings is 1. The number of hydrogen-bond acceptors (Lipinski definition) is 3. The summed E-state index contributed by atoms with van der Waals surface area (Å²) in [4.78, 5) is 26.5. The highest BCUT2D eigenvalue weighted by Crippen LogP contribution is 2.32. The van der Waals surface area contributed by atoms with Crippen molar-refractivity contribution in [2.24, 2.45) is 5.73 Å². The van der Waals surface area contributed by atoms with Gasteiger partial charge in [-0.2, -0.15) is 0 Å². The SMILES string of the molecule is CCCCC(C(=O)OC1CCN(C(N)=O)CC1c1ccccc1)c1ccccc1. The van der Waals surface area contributed by atoms with Crippen molar-refractivity contribution in [2.75, 3.05) is 13.1 Å². The zero-order valence-electron chi connectivity index (χ0n) is 17.0. The van der Waals surface area contributed by atoms with Crippen LogP contribution in [-0.4, -0.2) is 36.1 Å². The predicted octanol–water partition coefficient (Wildman–Crippen LogP) is 4.44. The third-order valence-electron chi connectivity index (χ3n) is 5.69. The number of amides is 2. The maximum Gasteiger partial charge on any atom is 0.314 e. The van der Waals surface area contributed by atoms with Crippen LogP contribution in [0, 0.1) is 0 Å². The van der Waals surface area contributed by atoms with Crippen molar-refractivity contribution in [1.29, 1.82) is 0 Å². The molecule has 5 heteroatoms. The van der Waals surface area contributed by atoms with Crippen LogP contribution >= 0.6 is 0 Å². The summed E-state index contributed by atoms with van der Waals surface area (Å²) in [6.45, 7) is 3.09. The van der Waals surface area contributed by atoms with E-state index in [-0.39, 0.29) is 23.9 Å². The summed E-state index contributed by atoms with van der Waals surface area (Å²) in [5, 5.41) is 0. The van der Waals surface area contributed by atoms with Gasteiger partial charge in [-0.25, -0.2) is 4.79 Å². The summed E-state index contributed by atoms with van der Waals surface area (Å²) >= 11 is 0. The molecule has 3 atom stereocenters. The van der Waals surface area contributed by atoms with E-state index >= 15 is 0 Å². The maximum atomic E-state index is 13.2. The molecule has 29 heavy (non-hydrogen) atoms. The normalized spacial score (nSPS) is 20.1. The number of nitrogens with two attached hydrogens (primary N) is 1. The minimum atomic E-state index is -0.430. The molecule has 1 saturated heterocycles. The van der Waals surface area contributed by atoms with Gasteiger partial charge in [0.1, 0.15) is 6.10 Å². The Labute approximate surface area is 172 Å². The molecule has 0 spiro atoms. The summed E-state index contributed by atoms with van der Waals surface area (Å²) in [7, 11) is 0. The first-order valence-corrected chi connectivity index (χ1v) is 10.4. The molecule has 3 rings (SSSR count). The summed E-state index contributed by atoms with van der Waals surface area (Å²) in [6, 6.07) is 19.3. The molecule has 2 amide bonds. The molecule has 1 aliphatic heterocycles.